The molecular formula is C11H18N2O3. The summed E-state index contributed by atoms with van der Waals surface area (Å²) in [5, 5.41) is 0. The van der Waals surface area contributed by atoms with E-state index in [4.69, 9.17) is 10.5 Å². The summed E-state index contributed by atoms with van der Waals surface area (Å²) >= 11 is 0. The Morgan fingerprint density at radius 2 is 2.19 bits per heavy atom. The van der Waals surface area contributed by atoms with E-state index < -0.39 is 0 Å². The number of carbonyl (C=O) groups excluding carboxylic acids is 2. The quantitative estimate of drug-likeness (QED) is 0.681. The van der Waals surface area contributed by atoms with Crippen LogP contribution in [-0.2, 0) is 14.3 Å². The minimum Gasteiger partial charge on any atom is -0.467 e. The number of ether oxygens (including phenoxy) is 1. The van der Waals surface area contributed by atoms with E-state index in [1.807, 2.05) is 0 Å². The lowest BCUT2D eigenvalue weighted by atomic mass is 10.1. The topological polar surface area (TPSA) is 72.6 Å². The Hall–Kier alpha value is -1.10. The van der Waals surface area contributed by atoms with E-state index in [0.717, 1.165) is 19.3 Å². The Kier molecular flexibility index (Phi) is 2.88. The molecule has 0 bridgehead atoms. The van der Waals surface area contributed by atoms with E-state index in [0.29, 0.717) is 19.5 Å². The second kappa shape index (κ2) is 4.05. The van der Waals surface area contributed by atoms with Gasteiger partial charge in [-0.1, -0.05) is 0 Å². The van der Waals surface area contributed by atoms with Gasteiger partial charge in [-0.15, -0.1) is 0 Å². The van der Waals surface area contributed by atoms with Crippen molar-refractivity contribution >= 4 is 11.9 Å². The highest BCUT2D eigenvalue weighted by molar-refractivity contribution is 5.90. The minimum atomic E-state index is -0.387. The van der Waals surface area contributed by atoms with Crippen LogP contribution in [0.15, 0.2) is 0 Å². The Morgan fingerprint density at radius 3 is 2.69 bits per heavy atom. The van der Waals surface area contributed by atoms with Gasteiger partial charge in [0.1, 0.15) is 6.04 Å². The maximum absolute atomic E-state index is 12.2. The number of hydrogen-bond donors (Lipinski definition) is 1. The molecule has 2 aliphatic rings. The zero-order chi connectivity index (χ0) is 11.8. The van der Waals surface area contributed by atoms with E-state index >= 15 is 0 Å². The molecule has 0 spiro atoms. The van der Waals surface area contributed by atoms with Gasteiger partial charge in [0.2, 0.25) is 5.91 Å². The van der Waals surface area contributed by atoms with Crippen molar-refractivity contribution in [1.29, 1.82) is 0 Å². The number of esters is 1. The highest BCUT2D eigenvalue weighted by Crippen LogP contribution is 2.47. The molecule has 5 heteroatoms. The monoisotopic (exact) mass is 226 g/mol. The van der Waals surface area contributed by atoms with Crippen LogP contribution >= 0.6 is 0 Å². The van der Waals surface area contributed by atoms with Crippen LogP contribution in [0, 0.1) is 5.41 Å². The summed E-state index contributed by atoms with van der Waals surface area (Å²) in [5.74, 6) is -0.262. The first kappa shape index (κ1) is 11.4. The first-order valence-electron chi connectivity index (χ1n) is 5.73. The van der Waals surface area contributed by atoms with Crippen molar-refractivity contribution in [3.8, 4) is 0 Å². The Bertz CT molecular complexity index is 312. The van der Waals surface area contributed by atoms with Gasteiger partial charge < -0.3 is 15.4 Å². The van der Waals surface area contributed by atoms with Crippen LogP contribution in [0.4, 0.5) is 0 Å². The van der Waals surface area contributed by atoms with Gasteiger partial charge in [-0.3, -0.25) is 4.79 Å². The Labute approximate surface area is 94.9 Å². The molecule has 2 rings (SSSR count). The van der Waals surface area contributed by atoms with Crippen molar-refractivity contribution in [2.75, 3.05) is 20.2 Å². The second-order valence-electron chi connectivity index (χ2n) is 4.66. The number of likely N-dealkylation sites (tertiary alicyclic amines) is 1. The van der Waals surface area contributed by atoms with Crippen LogP contribution < -0.4 is 5.73 Å². The van der Waals surface area contributed by atoms with Crippen LogP contribution in [0.3, 0.4) is 0 Å². The molecule has 1 unspecified atom stereocenters. The molecule has 1 aliphatic carbocycles. The zero-order valence-electron chi connectivity index (χ0n) is 9.57. The number of hydrogen-bond acceptors (Lipinski definition) is 4. The van der Waals surface area contributed by atoms with Crippen LogP contribution in [0.5, 0.6) is 0 Å². The molecule has 90 valence electrons. The minimum absolute atomic E-state index is 0.0444. The van der Waals surface area contributed by atoms with E-state index in [1.54, 1.807) is 4.90 Å². The predicted octanol–water partition coefficient (Wildman–Crippen LogP) is -0.111. The van der Waals surface area contributed by atoms with Crippen molar-refractivity contribution in [2.24, 2.45) is 11.1 Å². The molecule has 5 nitrogen and oxygen atoms in total. The summed E-state index contributed by atoms with van der Waals surface area (Å²) in [4.78, 5) is 25.4. The Morgan fingerprint density at radius 1 is 1.50 bits per heavy atom. The molecule has 0 aromatic carbocycles. The molecule has 2 fully saturated rings. The predicted molar refractivity (Wildman–Crippen MR) is 57.5 cm³/mol. The van der Waals surface area contributed by atoms with Crippen LogP contribution in [0.25, 0.3) is 0 Å². The molecule has 1 saturated carbocycles. The summed E-state index contributed by atoms with van der Waals surface area (Å²) in [6.45, 7) is 1.04. The molecule has 1 aliphatic heterocycles. The highest BCUT2D eigenvalue weighted by Gasteiger charge is 2.53. The van der Waals surface area contributed by atoms with Gasteiger partial charge in [-0.05, 0) is 25.7 Å². The second-order valence-corrected chi connectivity index (χ2v) is 4.66. The number of nitrogens with zero attached hydrogens (tertiary/aromatic N) is 1. The third-order valence-corrected chi connectivity index (χ3v) is 3.68. The van der Waals surface area contributed by atoms with Gasteiger partial charge in [0.25, 0.3) is 0 Å². The molecule has 16 heavy (non-hydrogen) atoms. The van der Waals surface area contributed by atoms with Gasteiger partial charge in [0.15, 0.2) is 0 Å². The maximum Gasteiger partial charge on any atom is 0.328 e. The smallest absolute Gasteiger partial charge is 0.328 e. The number of methoxy groups -OCH3 is 1. The molecule has 0 aromatic heterocycles. The number of rotatable bonds is 3. The fraction of sp³-hybridized carbons (Fsp3) is 0.818. The first-order chi connectivity index (χ1) is 7.64. The largest absolute Gasteiger partial charge is 0.467 e. The molecule has 0 radical (unpaired) electrons. The number of amides is 1. The normalized spacial score (nSPS) is 26.6. The van der Waals surface area contributed by atoms with Gasteiger partial charge >= 0.3 is 5.97 Å². The van der Waals surface area contributed by atoms with Crippen molar-refractivity contribution in [3.05, 3.63) is 0 Å². The van der Waals surface area contributed by atoms with E-state index in [2.05, 4.69) is 0 Å². The van der Waals surface area contributed by atoms with Gasteiger partial charge in [-0.25, -0.2) is 4.79 Å². The maximum atomic E-state index is 12.2. The average molecular weight is 226 g/mol. The van der Waals surface area contributed by atoms with Crippen LogP contribution in [0.2, 0.25) is 0 Å². The fourth-order valence-electron chi connectivity index (χ4n) is 2.35. The first-order valence-corrected chi connectivity index (χ1v) is 5.73. The van der Waals surface area contributed by atoms with Crippen molar-refractivity contribution in [2.45, 2.75) is 31.7 Å². The molecule has 1 saturated heterocycles. The van der Waals surface area contributed by atoms with Crippen LogP contribution in [0.1, 0.15) is 25.7 Å². The van der Waals surface area contributed by atoms with Crippen molar-refractivity contribution in [1.82, 2.24) is 4.90 Å². The number of nitrogens with two attached hydrogens (primary N) is 1. The van der Waals surface area contributed by atoms with Gasteiger partial charge in [-0.2, -0.15) is 0 Å². The standard InChI is InChI=1S/C11H18N2O3/c1-16-9(14)8-3-2-6-13(8)10(15)11(7-12)4-5-11/h8H,2-7,12H2,1H3. The van der Waals surface area contributed by atoms with Crippen molar-refractivity contribution in [3.63, 3.8) is 0 Å². The van der Waals surface area contributed by atoms with Crippen molar-refractivity contribution < 1.29 is 14.3 Å². The SMILES string of the molecule is COC(=O)C1CCCN1C(=O)C1(CN)CC1. The summed E-state index contributed by atoms with van der Waals surface area (Å²) in [6, 6.07) is -0.387. The molecule has 1 heterocycles. The summed E-state index contributed by atoms with van der Waals surface area (Å²) in [7, 11) is 1.36. The average Bonchev–Trinajstić information content (AvgIpc) is 2.97. The molecule has 1 amide bonds. The summed E-state index contributed by atoms with van der Waals surface area (Å²) in [6.07, 6.45) is 3.28. The van der Waals surface area contributed by atoms with Gasteiger partial charge in [0, 0.05) is 13.1 Å². The fourth-order valence-corrected chi connectivity index (χ4v) is 2.35. The third kappa shape index (κ3) is 1.69. The summed E-state index contributed by atoms with van der Waals surface area (Å²) in [5.41, 5.74) is 5.26. The molecular weight excluding hydrogens is 208 g/mol. The lowest BCUT2D eigenvalue weighted by molar-refractivity contribution is -0.152. The van der Waals surface area contributed by atoms with E-state index in [9.17, 15) is 9.59 Å². The number of carbonyl (C=O) groups is 2. The summed E-state index contributed by atoms with van der Waals surface area (Å²) < 4.78 is 4.72. The van der Waals surface area contributed by atoms with Crippen LogP contribution in [-0.4, -0.2) is 43.0 Å². The molecule has 1 atom stereocenters. The lowest BCUT2D eigenvalue weighted by Crippen LogP contribution is -2.46. The third-order valence-electron chi connectivity index (χ3n) is 3.68. The van der Waals surface area contributed by atoms with Gasteiger partial charge in [0.05, 0.1) is 12.5 Å². The molecule has 0 aromatic rings. The van der Waals surface area contributed by atoms with E-state index in [1.165, 1.54) is 7.11 Å². The molecule has 2 N–H and O–H groups in total. The zero-order valence-corrected chi connectivity index (χ0v) is 9.57. The Balaban J connectivity index is 2.08. The van der Waals surface area contributed by atoms with E-state index in [-0.39, 0.29) is 23.3 Å². The highest BCUT2D eigenvalue weighted by atomic mass is 16.5. The lowest BCUT2D eigenvalue weighted by Gasteiger charge is -2.26.